The molecule has 3 rings (SSSR count). The Morgan fingerprint density at radius 3 is 2.78 bits per heavy atom. The molecule has 118 valence electrons. The van der Waals surface area contributed by atoms with E-state index in [1.165, 1.54) is 0 Å². The van der Waals surface area contributed by atoms with Gasteiger partial charge in [0.2, 0.25) is 0 Å². The molecule has 0 aliphatic rings. The van der Waals surface area contributed by atoms with Crippen LogP contribution in [0.1, 0.15) is 29.4 Å². The molecule has 4 nitrogen and oxygen atoms in total. The van der Waals surface area contributed by atoms with Gasteiger partial charge in [0.25, 0.3) is 5.91 Å². The van der Waals surface area contributed by atoms with Gasteiger partial charge in [0, 0.05) is 35.2 Å². The molecule has 0 saturated carbocycles. The lowest BCUT2D eigenvalue weighted by Gasteiger charge is -2.04. The fraction of sp³-hybridized carbons (Fsp3) is 0.222. The first-order valence-electron chi connectivity index (χ1n) is 7.70. The van der Waals surface area contributed by atoms with Gasteiger partial charge < -0.3 is 9.72 Å². The zero-order valence-electron chi connectivity index (χ0n) is 13.0. The summed E-state index contributed by atoms with van der Waals surface area (Å²) in [6.07, 6.45) is 4.99. The monoisotopic (exact) mass is 325 g/mol. The first-order chi connectivity index (χ1) is 11.3. The van der Waals surface area contributed by atoms with Crippen molar-refractivity contribution in [1.29, 1.82) is 0 Å². The number of carbonyl (C=O) groups is 1. The zero-order chi connectivity index (χ0) is 16.1. The number of imidazole rings is 1. The van der Waals surface area contributed by atoms with Crippen molar-refractivity contribution >= 4 is 23.3 Å². The summed E-state index contributed by atoms with van der Waals surface area (Å²) >= 11 is 1.72. The summed E-state index contributed by atoms with van der Waals surface area (Å²) in [5.41, 5.74) is 2.72. The maximum absolute atomic E-state index is 11.9. The standard InChI is InChI=1S/C18H19N3OS/c1-2-10-19-18(22)14-6-8-16(9-7-14)23-13-15-12-21-11-4-3-5-17(21)20-15/h3-9,11-12H,2,10,13H2,1H3,(H,19,22). The van der Waals surface area contributed by atoms with E-state index in [2.05, 4.69) is 16.5 Å². The van der Waals surface area contributed by atoms with Crippen molar-refractivity contribution in [2.24, 2.45) is 0 Å². The molecule has 0 atom stereocenters. The van der Waals surface area contributed by atoms with Crippen molar-refractivity contribution in [3.8, 4) is 0 Å². The summed E-state index contributed by atoms with van der Waals surface area (Å²) < 4.78 is 2.02. The Balaban J connectivity index is 1.61. The van der Waals surface area contributed by atoms with Crippen molar-refractivity contribution < 1.29 is 4.79 Å². The number of rotatable bonds is 6. The smallest absolute Gasteiger partial charge is 0.251 e. The van der Waals surface area contributed by atoms with Crippen molar-refractivity contribution in [2.45, 2.75) is 24.0 Å². The number of nitrogens with zero attached hydrogens (tertiary/aromatic N) is 2. The van der Waals surface area contributed by atoms with Crippen LogP contribution in [0.15, 0.2) is 59.8 Å². The molecular formula is C18H19N3OS. The average Bonchev–Trinajstić information content (AvgIpc) is 3.01. The molecule has 5 heteroatoms. The van der Waals surface area contributed by atoms with Gasteiger partial charge in [0.1, 0.15) is 5.65 Å². The number of aromatic nitrogens is 2. The summed E-state index contributed by atoms with van der Waals surface area (Å²) in [5, 5.41) is 2.88. The number of nitrogens with one attached hydrogen (secondary N) is 1. The molecule has 0 aliphatic carbocycles. The molecule has 0 radical (unpaired) electrons. The molecule has 0 unspecified atom stereocenters. The van der Waals surface area contributed by atoms with Gasteiger partial charge in [0.15, 0.2) is 0 Å². The van der Waals surface area contributed by atoms with Gasteiger partial charge in [0.05, 0.1) is 5.69 Å². The number of fused-ring (bicyclic) bond motifs is 1. The number of hydrogen-bond acceptors (Lipinski definition) is 3. The van der Waals surface area contributed by atoms with Crippen molar-refractivity contribution in [1.82, 2.24) is 14.7 Å². The number of hydrogen-bond donors (Lipinski definition) is 1. The van der Waals surface area contributed by atoms with E-state index < -0.39 is 0 Å². The first kappa shape index (κ1) is 15.6. The van der Waals surface area contributed by atoms with E-state index in [9.17, 15) is 4.79 Å². The molecule has 0 bridgehead atoms. The number of carbonyl (C=O) groups excluding carboxylic acids is 1. The van der Waals surface area contributed by atoms with E-state index in [1.807, 2.05) is 60.0 Å². The SMILES string of the molecule is CCCNC(=O)c1ccc(SCc2cn3ccccc3n2)cc1. The minimum atomic E-state index is -0.0104. The number of pyridine rings is 1. The highest BCUT2D eigenvalue weighted by molar-refractivity contribution is 7.98. The molecule has 1 aromatic carbocycles. The number of thioether (sulfide) groups is 1. The van der Waals surface area contributed by atoms with Crippen LogP contribution in [0.25, 0.3) is 5.65 Å². The lowest BCUT2D eigenvalue weighted by atomic mass is 10.2. The second kappa shape index (κ2) is 7.33. The van der Waals surface area contributed by atoms with Gasteiger partial charge in [-0.1, -0.05) is 13.0 Å². The summed E-state index contributed by atoms with van der Waals surface area (Å²) in [6.45, 7) is 2.75. The Bertz CT molecular complexity index is 762. The third kappa shape index (κ3) is 3.93. The summed E-state index contributed by atoms with van der Waals surface area (Å²) in [5.74, 6) is 0.798. The third-order valence-electron chi connectivity index (χ3n) is 3.45. The number of amides is 1. The van der Waals surface area contributed by atoms with Gasteiger partial charge >= 0.3 is 0 Å². The largest absolute Gasteiger partial charge is 0.352 e. The van der Waals surface area contributed by atoms with Crippen LogP contribution in [0.3, 0.4) is 0 Å². The van der Waals surface area contributed by atoms with Gasteiger partial charge in [-0.3, -0.25) is 4.79 Å². The Morgan fingerprint density at radius 1 is 1.22 bits per heavy atom. The van der Waals surface area contributed by atoms with Crippen molar-refractivity contribution in [2.75, 3.05) is 6.54 Å². The van der Waals surface area contributed by atoms with Gasteiger partial charge in [-0.05, 0) is 42.8 Å². The Morgan fingerprint density at radius 2 is 2.04 bits per heavy atom. The fourth-order valence-corrected chi connectivity index (χ4v) is 3.04. The van der Waals surface area contributed by atoms with Crippen LogP contribution in [-0.4, -0.2) is 21.8 Å². The topological polar surface area (TPSA) is 46.4 Å². The minimum absolute atomic E-state index is 0.0104. The van der Waals surface area contributed by atoms with Gasteiger partial charge in [-0.2, -0.15) is 0 Å². The molecular weight excluding hydrogens is 306 g/mol. The van der Waals surface area contributed by atoms with Crippen LogP contribution < -0.4 is 5.32 Å². The highest BCUT2D eigenvalue weighted by Crippen LogP contribution is 2.23. The maximum Gasteiger partial charge on any atom is 0.251 e. The quantitative estimate of drug-likeness (QED) is 0.702. The predicted molar refractivity (Wildman–Crippen MR) is 93.8 cm³/mol. The van der Waals surface area contributed by atoms with Gasteiger partial charge in [-0.25, -0.2) is 4.98 Å². The predicted octanol–water partition coefficient (Wildman–Crippen LogP) is 3.77. The normalized spacial score (nSPS) is 10.8. The Hall–Kier alpha value is -2.27. The zero-order valence-corrected chi connectivity index (χ0v) is 13.8. The Kier molecular flexibility index (Phi) is 4.98. The highest BCUT2D eigenvalue weighted by atomic mass is 32.2. The minimum Gasteiger partial charge on any atom is -0.352 e. The van der Waals surface area contributed by atoms with Crippen LogP contribution in [-0.2, 0) is 5.75 Å². The van der Waals surface area contributed by atoms with E-state index >= 15 is 0 Å². The van der Waals surface area contributed by atoms with Crippen molar-refractivity contribution in [3.05, 3.63) is 66.1 Å². The fourth-order valence-electron chi connectivity index (χ4n) is 2.26. The van der Waals surface area contributed by atoms with Gasteiger partial charge in [-0.15, -0.1) is 11.8 Å². The molecule has 0 aliphatic heterocycles. The molecule has 0 fully saturated rings. The lowest BCUT2D eigenvalue weighted by Crippen LogP contribution is -2.23. The van der Waals surface area contributed by atoms with Crippen LogP contribution in [0.2, 0.25) is 0 Å². The molecule has 2 aromatic heterocycles. The maximum atomic E-state index is 11.9. The summed E-state index contributed by atoms with van der Waals surface area (Å²) in [4.78, 5) is 17.6. The first-order valence-corrected chi connectivity index (χ1v) is 8.68. The average molecular weight is 325 g/mol. The van der Waals surface area contributed by atoms with E-state index in [0.717, 1.165) is 28.4 Å². The molecule has 1 amide bonds. The molecule has 0 spiro atoms. The number of benzene rings is 1. The molecule has 2 heterocycles. The van der Waals surface area contributed by atoms with Crippen LogP contribution in [0.4, 0.5) is 0 Å². The van der Waals surface area contributed by atoms with E-state index in [-0.39, 0.29) is 5.91 Å². The van der Waals surface area contributed by atoms with E-state index in [1.54, 1.807) is 11.8 Å². The highest BCUT2D eigenvalue weighted by Gasteiger charge is 2.05. The lowest BCUT2D eigenvalue weighted by molar-refractivity contribution is 0.0953. The molecule has 0 saturated heterocycles. The van der Waals surface area contributed by atoms with Crippen LogP contribution >= 0.6 is 11.8 Å². The summed E-state index contributed by atoms with van der Waals surface area (Å²) in [7, 11) is 0. The summed E-state index contributed by atoms with van der Waals surface area (Å²) in [6, 6.07) is 13.7. The second-order valence-corrected chi connectivity index (χ2v) is 6.32. The van der Waals surface area contributed by atoms with Crippen molar-refractivity contribution in [3.63, 3.8) is 0 Å². The third-order valence-corrected chi connectivity index (χ3v) is 4.50. The molecule has 3 aromatic rings. The second-order valence-electron chi connectivity index (χ2n) is 5.27. The van der Waals surface area contributed by atoms with E-state index in [0.29, 0.717) is 12.1 Å². The van der Waals surface area contributed by atoms with Crippen LogP contribution in [0, 0.1) is 0 Å². The van der Waals surface area contributed by atoms with E-state index in [4.69, 9.17) is 0 Å². The molecule has 23 heavy (non-hydrogen) atoms. The molecule has 1 N–H and O–H groups in total. The van der Waals surface area contributed by atoms with Crippen LogP contribution in [0.5, 0.6) is 0 Å². The Labute approximate surface area is 139 Å².